The molecule has 1 aromatic rings. The second-order valence-corrected chi connectivity index (χ2v) is 3.87. The molecular formula is C12H20N5+. The highest BCUT2D eigenvalue weighted by molar-refractivity contribution is 6.10. The number of rotatable bonds is 4. The maximum Gasteiger partial charge on any atom is 0.173 e. The van der Waals surface area contributed by atoms with E-state index in [0.717, 1.165) is 17.0 Å². The summed E-state index contributed by atoms with van der Waals surface area (Å²) in [5, 5.41) is 3.07. The van der Waals surface area contributed by atoms with Crippen LogP contribution in [0.5, 0.6) is 0 Å². The van der Waals surface area contributed by atoms with Gasteiger partial charge in [-0.3, -0.25) is 4.99 Å². The Morgan fingerprint density at radius 2 is 2.24 bits per heavy atom. The third-order valence-corrected chi connectivity index (χ3v) is 2.26. The molecule has 0 aromatic carbocycles. The Bertz CT molecular complexity index is 461. The summed E-state index contributed by atoms with van der Waals surface area (Å²) in [6.07, 6.45) is 5.54. The van der Waals surface area contributed by atoms with Gasteiger partial charge in [-0.2, -0.15) is 0 Å². The molecule has 0 saturated carbocycles. The number of aliphatic imine (C=N–C) groups is 1. The maximum absolute atomic E-state index is 6.16. The molecule has 92 valence electrons. The summed E-state index contributed by atoms with van der Waals surface area (Å²) in [5.74, 6) is 0.900. The van der Waals surface area contributed by atoms with Gasteiger partial charge in [-0.25, -0.2) is 4.58 Å². The highest BCUT2D eigenvalue weighted by Crippen LogP contribution is 2.20. The van der Waals surface area contributed by atoms with E-state index in [4.69, 9.17) is 5.73 Å². The fraction of sp³-hybridized carbons (Fsp3) is 0.333. The molecule has 0 atom stereocenters. The number of aromatic nitrogens is 1. The fourth-order valence-electron chi connectivity index (χ4n) is 1.55. The normalized spacial score (nSPS) is 12.5. The van der Waals surface area contributed by atoms with Gasteiger partial charge in [0.05, 0.1) is 11.3 Å². The Labute approximate surface area is 102 Å². The van der Waals surface area contributed by atoms with Crippen molar-refractivity contribution in [2.75, 3.05) is 33.5 Å². The number of nitrogens with zero attached hydrogens (tertiary/aromatic N) is 2. The number of H-pyrrole nitrogens is 1. The zero-order chi connectivity index (χ0) is 12.8. The third kappa shape index (κ3) is 3.21. The summed E-state index contributed by atoms with van der Waals surface area (Å²) in [5.41, 5.74) is 8.68. The van der Waals surface area contributed by atoms with Crippen LogP contribution < -0.4 is 11.1 Å². The van der Waals surface area contributed by atoms with E-state index in [1.807, 2.05) is 44.2 Å². The van der Waals surface area contributed by atoms with Gasteiger partial charge < -0.3 is 16.0 Å². The topological polar surface area (TPSA) is 69.2 Å². The number of nitrogens with two attached hydrogens (primary N) is 1. The third-order valence-electron chi connectivity index (χ3n) is 2.26. The van der Waals surface area contributed by atoms with Crippen LogP contribution in [0.15, 0.2) is 22.8 Å². The number of hydrogen-bond donors (Lipinski definition) is 3. The fourth-order valence-corrected chi connectivity index (χ4v) is 1.55. The largest absolute Gasteiger partial charge is 0.397 e. The van der Waals surface area contributed by atoms with Crippen LogP contribution in [-0.4, -0.2) is 50.2 Å². The Hall–Kier alpha value is -2.04. The van der Waals surface area contributed by atoms with E-state index in [2.05, 4.69) is 15.3 Å². The quantitative estimate of drug-likeness (QED) is 0.532. The van der Waals surface area contributed by atoms with Crippen LogP contribution in [-0.2, 0) is 0 Å². The molecule has 17 heavy (non-hydrogen) atoms. The first-order valence-corrected chi connectivity index (χ1v) is 5.38. The standard InChI is InChI=1S/C12H19N5/c1-14-7-9(8-17(3)4)11(13)10-5-6-16-12(10)15-2/h5-8H,1-4H3,(H3,13,15,16)/p+1. The van der Waals surface area contributed by atoms with Gasteiger partial charge in [0.25, 0.3) is 0 Å². The molecular weight excluding hydrogens is 214 g/mol. The van der Waals surface area contributed by atoms with Gasteiger partial charge in [-0.05, 0) is 6.07 Å². The molecule has 0 saturated heterocycles. The lowest BCUT2D eigenvalue weighted by atomic mass is 10.1. The molecule has 0 amide bonds. The van der Waals surface area contributed by atoms with Crippen LogP contribution in [0, 0.1) is 0 Å². The molecule has 0 unspecified atom stereocenters. The van der Waals surface area contributed by atoms with Crippen molar-refractivity contribution < 1.29 is 4.58 Å². The van der Waals surface area contributed by atoms with E-state index in [1.54, 1.807) is 13.3 Å². The lowest BCUT2D eigenvalue weighted by Crippen LogP contribution is -2.10. The van der Waals surface area contributed by atoms with Crippen molar-refractivity contribution in [3.8, 4) is 0 Å². The summed E-state index contributed by atoms with van der Waals surface area (Å²) in [6.45, 7) is 0. The van der Waals surface area contributed by atoms with Gasteiger partial charge in [0.2, 0.25) is 0 Å². The minimum Gasteiger partial charge on any atom is -0.397 e. The molecule has 1 aromatic heterocycles. The van der Waals surface area contributed by atoms with Crippen LogP contribution in [0.2, 0.25) is 0 Å². The summed E-state index contributed by atoms with van der Waals surface area (Å²) < 4.78 is 1.94. The van der Waals surface area contributed by atoms with Gasteiger partial charge in [-0.15, -0.1) is 0 Å². The van der Waals surface area contributed by atoms with E-state index in [-0.39, 0.29) is 0 Å². The molecule has 1 rings (SSSR count). The van der Waals surface area contributed by atoms with Gasteiger partial charge in [0.1, 0.15) is 19.9 Å². The zero-order valence-electron chi connectivity index (χ0n) is 10.8. The Balaban J connectivity index is 3.29. The van der Waals surface area contributed by atoms with Gasteiger partial charge >= 0.3 is 0 Å². The van der Waals surface area contributed by atoms with E-state index in [0.29, 0.717) is 5.70 Å². The molecule has 0 aliphatic rings. The SMILES string of the molecule is CN=C/C(C=[N+](C)C)=C(/N)c1cc[nH]c1NC. The van der Waals surface area contributed by atoms with Crippen LogP contribution in [0.4, 0.5) is 5.82 Å². The van der Waals surface area contributed by atoms with Crippen molar-refractivity contribution in [2.45, 2.75) is 0 Å². The molecule has 5 nitrogen and oxygen atoms in total. The minimum atomic E-state index is 0.690. The number of anilines is 1. The predicted molar refractivity (Wildman–Crippen MR) is 74.0 cm³/mol. The molecule has 0 aliphatic heterocycles. The van der Waals surface area contributed by atoms with Crippen LogP contribution in [0.1, 0.15) is 5.56 Å². The van der Waals surface area contributed by atoms with E-state index >= 15 is 0 Å². The van der Waals surface area contributed by atoms with E-state index in [1.165, 1.54) is 0 Å². The first-order chi connectivity index (χ1) is 8.10. The van der Waals surface area contributed by atoms with Crippen LogP contribution >= 0.6 is 0 Å². The van der Waals surface area contributed by atoms with Crippen molar-refractivity contribution in [3.05, 3.63) is 23.4 Å². The predicted octanol–water partition coefficient (Wildman–Crippen LogP) is 0.770. The smallest absolute Gasteiger partial charge is 0.173 e. The summed E-state index contributed by atoms with van der Waals surface area (Å²) in [7, 11) is 7.48. The van der Waals surface area contributed by atoms with E-state index in [9.17, 15) is 0 Å². The number of nitrogens with one attached hydrogen (secondary N) is 2. The molecule has 0 fully saturated rings. The monoisotopic (exact) mass is 234 g/mol. The van der Waals surface area contributed by atoms with Crippen molar-refractivity contribution in [2.24, 2.45) is 10.7 Å². The van der Waals surface area contributed by atoms with Crippen LogP contribution in [0.25, 0.3) is 5.70 Å². The number of hydrogen-bond acceptors (Lipinski definition) is 3. The van der Waals surface area contributed by atoms with Crippen molar-refractivity contribution in [3.63, 3.8) is 0 Å². The Kier molecular flexibility index (Phi) is 4.51. The second kappa shape index (κ2) is 5.89. The zero-order valence-corrected chi connectivity index (χ0v) is 10.8. The molecule has 5 heteroatoms. The van der Waals surface area contributed by atoms with Crippen molar-refractivity contribution >= 4 is 23.9 Å². The number of aromatic amines is 1. The lowest BCUT2D eigenvalue weighted by molar-refractivity contribution is -0.458. The number of allylic oxidation sites excluding steroid dienone is 1. The molecule has 1 heterocycles. The molecule has 0 bridgehead atoms. The highest BCUT2D eigenvalue weighted by atomic mass is 15.0. The summed E-state index contributed by atoms with van der Waals surface area (Å²) in [6, 6.07) is 1.94. The van der Waals surface area contributed by atoms with Gasteiger partial charge in [0, 0.05) is 32.1 Å². The first-order valence-electron chi connectivity index (χ1n) is 5.38. The first kappa shape index (κ1) is 13.0. The summed E-state index contributed by atoms with van der Waals surface area (Å²) >= 11 is 0. The second-order valence-electron chi connectivity index (χ2n) is 3.87. The van der Waals surface area contributed by atoms with Crippen LogP contribution in [0.3, 0.4) is 0 Å². The molecule has 0 radical (unpaired) electrons. The maximum atomic E-state index is 6.16. The van der Waals surface area contributed by atoms with E-state index < -0.39 is 0 Å². The highest BCUT2D eigenvalue weighted by Gasteiger charge is 2.10. The van der Waals surface area contributed by atoms with Crippen molar-refractivity contribution in [1.29, 1.82) is 0 Å². The Morgan fingerprint density at radius 1 is 1.53 bits per heavy atom. The van der Waals surface area contributed by atoms with Crippen molar-refractivity contribution in [1.82, 2.24) is 4.98 Å². The summed E-state index contributed by atoms with van der Waals surface area (Å²) in [4.78, 5) is 7.11. The molecule has 4 N–H and O–H groups in total. The van der Waals surface area contributed by atoms with Gasteiger partial charge in [0.15, 0.2) is 6.21 Å². The molecule has 0 spiro atoms. The lowest BCUT2D eigenvalue weighted by Gasteiger charge is -2.05. The van der Waals surface area contributed by atoms with Gasteiger partial charge in [-0.1, -0.05) is 0 Å². The Morgan fingerprint density at radius 3 is 2.76 bits per heavy atom. The minimum absolute atomic E-state index is 0.690. The average molecular weight is 234 g/mol. The molecule has 0 aliphatic carbocycles. The average Bonchev–Trinajstić information content (AvgIpc) is 2.74.